The van der Waals surface area contributed by atoms with Crippen molar-refractivity contribution in [3.8, 4) is 0 Å². The zero-order chi connectivity index (χ0) is 15.2. The van der Waals surface area contributed by atoms with E-state index in [1.54, 1.807) is 0 Å². The van der Waals surface area contributed by atoms with Crippen LogP contribution in [0.4, 0.5) is 0 Å². The van der Waals surface area contributed by atoms with Crippen LogP contribution >= 0.6 is 11.6 Å². The molecule has 1 atom stereocenters. The van der Waals surface area contributed by atoms with Crippen LogP contribution < -0.4 is 5.32 Å². The second-order valence-corrected chi connectivity index (χ2v) is 6.09. The summed E-state index contributed by atoms with van der Waals surface area (Å²) in [6.07, 6.45) is 1.99. The van der Waals surface area contributed by atoms with Crippen LogP contribution in [-0.4, -0.2) is 12.6 Å². The molecule has 0 aliphatic heterocycles. The number of aryl methyl sites for hydroxylation is 2. The lowest BCUT2D eigenvalue weighted by molar-refractivity contribution is 0.520. The Morgan fingerprint density at radius 1 is 1.00 bits per heavy atom. The van der Waals surface area contributed by atoms with Gasteiger partial charge >= 0.3 is 0 Å². The minimum atomic E-state index is 0.412. The first kappa shape index (κ1) is 16.1. The summed E-state index contributed by atoms with van der Waals surface area (Å²) in [6.45, 7) is 7.47. The predicted octanol–water partition coefficient (Wildman–Crippen LogP) is 4.72. The topological polar surface area (TPSA) is 12.0 Å². The number of benzene rings is 2. The van der Waals surface area contributed by atoms with Gasteiger partial charge in [0.15, 0.2) is 0 Å². The van der Waals surface area contributed by atoms with E-state index in [0.717, 1.165) is 24.4 Å². The van der Waals surface area contributed by atoms with Gasteiger partial charge in [0.1, 0.15) is 0 Å². The normalized spacial score (nSPS) is 12.4. The average molecular weight is 302 g/mol. The number of rotatable bonds is 6. The van der Waals surface area contributed by atoms with Gasteiger partial charge in [0.2, 0.25) is 0 Å². The summed E-state index contributed by atoms with van der Waals surface area (Å²) in [5, 5.41) is 4.46. The third-order valence-electron chi connectivity index (χ3n) is 3.89. The predicted molar refractivity (Wildman–Crippen MR) is 92.2 cm³/mol. The van der Waals surface area contributed by atoms with E-state index in [-0.39, 0.29) is 0 Å². The van der Waals surface area contributed by atoms with Crippen molar-refractivity contribution < 1.29 is 0 Å². The Hall–Kier alpha value is -1.31. The fraction of sp³-hybridized carbons (Fsp3) is 0.368. The summed E-state index contributed by atoms with van der Waals surface area (Å²) in [6, 6.07) is 15.2. The Morgan fingerprint density at radius 2 is 1.71 bits per heavy atom. The van der Waals surface area contributed by atoms with Crippen LogP contribution in [0.25, 0.3) is 0 Å². The molecule has 0 saturated heterocycles. The van der Waals surface area contributed by atoms with E-state index in [9.17, 15) is 0 Å². The molecule has 1 unspecified atom stereocenters. The highest BCUT2D eigenvalue weighted by Gasteiger charge is 2.12. The molecule has 2 heteroatoms. The molecule has 0 aliphatic rings. The van der Waals surface area contributed by atoms with Crippen molar-refractivity contribution in [2.75, 3.05) is 6.54 Å². The Balaban J connectivity index is 2.16. The highest BCUT2D eigenvalue weighted by molar-refractivity contribution is 6.31. The van der Waals surface area contributed by atoms with E-state index in [1.165, 1.54) is 22.3 Å². The summed E-state index contributed by atoms with van der Waals surface area (Å²) in [5.74, 6) is 0. The largest absolute Gasteiger partial charge is 0.314 e. The van der Waals surface area contributed by atoms with Gasteiger partial charge in [0, 0.05) is 11.1 Å². The van der Waals surface area contributed by atoms with Crippen molar-refractivity contribution in [3.63, 3.8) is 0 Å². The molecule has 0 radical (unpaired) electrons. The molecule has 2 aromatic rings. The monoisotopic (exact) mass is 301 g/mol. The second kappa shape index (κ2) is 7.63. The zero-order valence-electron chi connectivity index (χ0n) is 13.1. The molecule has 0 fully saturated rings. The number of nitrogens with one attached hydrogen (secondary N) is 1. The Bertz CT molecular complexity index is 592. The minimum absolute atomic E-state index is 0.412. The number of halogens is 1. The Morgan fingerprint density at radius 3 is 2.43 bits per heavy atom. The van der Waals surface area contributed by atoms with Crippen LogP contribution in [0.15, 0.2) is 42.5 Å². The van der Waals surface area contributed by atoms with Crippen molar-refractivity contribution in [2.45, 2.75) is 39.7 Å². The van der Waals surface area contributed by atoms with Crippen LogP contribution in [0.1, 0.15) is 29.2 Å². The van der Waals surface area contributed by atoms with Crippen LogP contribution in [0.2, 0.25) is 5.02 Å². The molecule has 1 nitrogen and oxygen atoms in total. The molecule has 0 bridgehead atoms. The lowest BCUT2D eigenvalue weighted by atomic mass is 9.95. The molecule has 0 aromatic heterocycles. The molecule has 0 heterocycles. The first-order valence-corrected chi connectivity index (χ1v) is 8.01. The van der Waals surface area contributed by atoms with E-state index in [2.05, 4.69) is 56.4 Å². The maximum atomic E-state index is 6.30. The van der Waals surface area contributed by atoms with Crippen LogP contribution in [0.5, 0.6) is 0 Å². The van der Waals surface area contributed by atoms with Crippen molar-refractivity contribution in [1.29, 1.82) is 0 Å². The zero-order valence-corrected chi connectivity index (χ0v) is 13.9. The molecule has 2 aromatic carbocycles. The van der Waals surface area contributed by atoms with Crippen LogP contribution in [-0.2, 0) is 12.8 Å². The van der Waals surface area contributed by atoms with Crippen molar-refractivity contribution in [2.24, 2.45) is 0 Å². The van der Waals surface area contributed by atoms with Gasteiger partial charge in [-0.2, -0.15) is 0 Å². The number of likely N-dealkylation sites (N-methyl/N-ethyl adjacent to an activating group) is 1. The standard InChI is InChI=1S/C19H24ClN/c1-4-21-18(12-16-7-5-6-8-19(16)20)13-17-11-14(2)9-10-15(17)3/h5-11,18,21H,4,12-13H2,1-3H3. The van der Waals surface area contributed by atoms with E-state index in [0.29, 0.717) is 6.04 Å². The molecule has 0 amide bonds. The van der Waals surface area contributed by atoms with Gasteiger partial charge in [0.05, 0.1) is 0 Å². The number of hydrogen-bond acceptors (Lipinski definition) is 1. The Kier molecular flexibility index (Phi) is 5.84. The maximum Gasteiger partial charge on any atom is 0.0438 e. The van der Waals surface area contributed by atoms with E-state index in [4.69, 9.17) is 11.6 Å². The summed E-state index contributed by atoms with van der Waals surface area (Å²) in [7, 11) is 0. The maximum absolute atomic E-state index is 6.30. The SMILES string of the molecule is CCNC(Cc1cc(C)ccc1C)Cc1ccccc1Cl. The summed E-state index contributed by atoms with van der Waals surface area (Å²) >= 11 is 6.30. The third kappa shape index (κ3) is 4.59. The van der Waals surface area contributed by atoms with Gasteiger partial charge in [-0.15, -0.1) is 0 Å². The fourth-order valence-electron chi connectivity index (χ4n) is 2.72. The molecule has 21 heavy (non-hydrogen) atoms. The summed E-state index contributed by atoms with van der Waals surface area (Å²) in [5.41, 5.74) is 5.33. The highest BCUT2D eigenvalue weighted by Crippen LogP contribution is 2.19. The van der Waals surface area contributed by atoms with Crippen molar-refractivity contribution >= 4 is 11.6 Å². The molecule has 2 rings (SSSR count). The van der Waals surface area contributed by atoms with Gasteiger partial charge in [-0.1, -0.05) is 60.5 Å². The smallest absolute Gasteiger partial charge is 0.0438 e. The molecule has 112 valence electrons. The van der Waals surface area contributed by atoms with Gasteiger partial charge in [0.25, 0.3) is 0 Å². The second-order valence-electron chi connectivity index (χ2n) is 5.68. The van der Waals surface area contributed by atoms with Crippen LogP contribution in [0, 0.1) is 13.8 Å². The first-order valence-electron chi connectivity index (χ1n) is 7.63. The molecule has 0 aliphatic carbocycles. The van der Waals surface area contributed by atoms with Gasteiger partial charge < -0.3 is 5.32 Å². The van der Waals surface area contributed by atoms with Gasteiger partial charge in [-0.25, -0.2) is 0 Å². The lowest BCUT2D eigenvalue weighted by Gasteiger charge is -2.20. The molecular formula is C19H24ClN. The lowest BCUT2D eigenvalue weighted by Crippen LogP contribution is -2.33. The van der Waals surface area contributed by atoms with Crippen molar-refractivity contribution in [3.05, 3.63) is 69.7 Å². The summed E-state index contributed by atoms with van der Waals surface area (Å²) in [4.78, 5) is 0. The van der Waals surface area contributed by atoms with Gasteiger partial charge in [-0.05, 0) is 56.0 Å². The summed E-state index contributed by atoms with van der Waals surface area (Å²) < 4.78 is 0. The molecular weight excluding hydrogens is 278 g/mol. The van der Waals surface area contributed by atoms with Crippen molar-refractivity contribution in [1.82, 2.24) is 5.32 Å². The van der Waals surface area contributed by atoms with E-state index < -0.39 is 0 Å². The fourth-order valence-corrected chi connectivity index (χ4v) is 2.93. The van der Waals surface area contributed by atoms with E-state index in [1.807, 2.05) is 12.1 Å². The highest BCUT2D eigenvalue weighted by atomic mass is 35.5. The quantitative estimate of drug-likeness (QED) is 0.814. The Labute approximate surface area is 133 Å². The van der Waals surface area contributed by atoms with Crippen LogP contribution in [0.3, 0.4) is 0 Å². The van der Waals surface area contributed by atoms with E-state index >= 15 is 0 Å². The van der Waals surface area contributed by atoms with Gasteiger partial charge in [-0.3, -0.25) is 0 Å². The molecule has 0 saturated carbocycles. The minimum Gasteiger partial charge on any atom is -0.314 e. The molecule has 1 N–H and O–H groups in total. The average Bonchev–Trinajstić information content (AvgIpc) is 2.45. The third-order valence-corrected chi connectivity index (χ3v) is 4.26. The number of hydrogen-bond donors (Lipinski definition) is 1. The molecule has 0 spiro atoms. The first-order chi connectivity index (χ1) is 10.1.